The highest BCUT2D eigenvalue weighted by atomic mass is 16.6. The van der Waals surface area contributed by atoms with Crippen molar-refractivity contribution in [1.29, 1.82) is 0 Å². The Hall–Kier alpha value is -2.57. The molecule has 0 fully saturated rings. The zero-order valence-electron chi connectivity index (χ0n) is 21.3. The summed E-state index contributed by atoms with van der Waals surface area (Å²) in [7, 11) is 1.61. The van der Waals surface area contributed by atoms with Gasteiger partial charge in [0.15, 0.2) is 0 Å². The van der Waals surface area contributed by atoms with E-state index in [1.54, 1.807) is 27.8 Å². The number of hydrogen-bond donors (Lipinski definition) is 2. The van der Waals surface area contributed by atoms with Crippen molar-refractivity contribution in [3.63, 3.8) is 0 Å². The van der Waals surface area contributed by atoms with E-state index in [1.165, 1.54) is 4.90 Å². The molecule has 7 heteroatoms. The van der Waals surface area contributed by atoms with E-state index >= 15 is 0 Å². The molecule has 0 radical (unpaired) electrons. The van der Waals surface area contributed by atoms with Gasteiger partial charge in [-0.25, -0.2) is 4.79 Å². The van der Waals surface area contributed by atoms with Crippen LogP contribution in [0.4, 0.5) is 4.79 Å². The number of hydrogen-bond acceptors (Lipinski definition) is 4. The second kappa shape index (κ2) is 11.3. The van der Waals surface area contributed by atoms with E-state index in [9.17, 15) is 14.4 Å². The summed E-state index contributed by atoms with van der Waals surface area (Å²) in [5.41, 5.74) is 2.08. The zero-order chi connectivity index (χ0) is 24.8. The summed E-state index contributed by atoms with van der Waals surface area (Å²) in [4.78, 5) is 40.5. The molecule has 7 nitrogen and oxygen atoms in total. The number of nitrogens with zero attached hydrogens (tertiary/aromatic N) is 1. The lowest BCUT2D eigenvalue weighted by Gasteiger charge is -2.33. The Morgan fingerprint density at radius 1 is 1.03 bits per heavy atom. The number of aryl methyl sites for hydroxylation is 2. The Balaban J connectivity index is 3.30. The average Bonchev–Trinajstić information content (AvgIpc) is 2.59. The van der Waals surface area contributed by atoms with Gasteiger partial charge >= 0.3 is 6.09 Å². The van der Waals surface area contributed by atoms with Crippen molar-refractivity contribution in [3.8, 4) is 0 Å². The topological polar surface area (TPSA) is 87.7 Å². The van der Waals surface area contributed by atoms with Crippen LogP contribution in [0.2, 0.25) is 0 Å². The number of carbonyl (C=O) groups excluding carboxylic acids is 3. The molecule has 2 atom stereocenters. The maximum Gasteiger partial charge on any atom is 0.408 e. The molecule has 0 heterocycles. The Morgan fingerprint density at radius 2 is 1.62 bits per heavy atom. The normalized spacial score (nSPS) is 13.5. The van der Waals surface area contributed by atoms with E-state index in [0.717, 1.165) is 16.7 Å². The molecule has 0 spiro atoms. The van der Waals surface area contributed by atoms with Crippen LogP contribution in [0.15, 0.2) is 18.2 Å². The van der Waals surface area contributed by atoms with E-state index in [1.807, 2.05) is 59.7 Å². The number of rotatable bonds is 8. The SMILES string of the molecule is Cc1ccc(C(C(=O)NC(C)C)N(C)C(=O)C(CC(C)C)NC(=O)OC(C)(C)C)c(C)c1. The van der Waals surface area contributed by atoms with Crippen LogP contribution in [0, 0.1) is 19.8 Å². The third-order valence-corrected chi connectivity index (χ3v) is 4.83. The first-order valence-corrected chi connectivity index (χ1v) is 11.3. The van der Waals surface area contributed by atoms with E-state index in [0.29, 0.717) is 6.42 Å². The molecular formula is C25H41N3O4. The van der Waals surface area contributed by atoms with Gasteiger partial charge in [-0.3, -0.25) is 9.59 Å². The molecular weight excluding hydrogens is 406 g/mol. The van der Waals surface area contributed by atoms with Crippen LogP contribution in [0.1, 0.15) is 77.6 Å². The van der Waals surface area contributed by atoms with Gasteiger partial charge in [0.25, 0.3) is 0 Å². The first kappa shape index (κ1) is 27.5. The van der Waals surface area contributed by atoms with Gasteiger partial charge in [-0.15, -0.1) is 0 Å². The second-order valence-electron chi connectivity index (χ2n) is 10.2. The van der Waals surface area contributed by atoms with Crippen LogP contribution in [-0.2, 0) is 14.3 Å². The lowest BCUT2D eigenvalue weighted by atomic mass is 9.96. The Labute approximate surface area is 193 Å². The number of alkyl carbamates (subject to hydrolysis) is 1. The summed E-state index contributed by atoms with van der Waals surface area (Å²) >= 11 is 0. The Bertz CT molecular complexity index is 812. The van der Waals surface area contributed by atoms with Crippen molar-refractivity contribution in [3.05, 3.63) is 34.9 Å². The monoisotopic (exact) mass is 447 g/mol. The van der Waals surface area contributed by atoms with Crippen LogP contribution >= 0.6 is 0 Å². The van der Waals surface area contributed by atoms with E-state index < -0.39 is 23.8 Å². The van der Waals surface area contributed by atoms with Gasteiger partial charge in [0.1, 0.15) is 17.7 Å². The minimum atomic E-state index is -0.819. The van der Waals surface area contributed by atoms with Gasteiger partial charge in [0.05, 0.1) is 0 Å². The minimum absolute atomic E-state index is 0.0781. The number of carbonyl (C=O) groups is 3. The molecule has 180 valence electrons. The van der Waals surface area contributed by atoms with Crippen molar-refractivity contribution in [1.82, 2.24) is 15.5 Å². The van der Waals surface area contributed by atoms with Crippen LogP contribution in [-0.4, -0.2) is 47.5 Å². The van der Waals surface area contributed by atoms with Crippen molar-refractivity contribution in [2.24, 2.45) is 5.92 Å². The molecule has 0 saturated heterocycles. The van der Waals surface area contributed by atoms with Crippen LogP contribution in [0.5, 0.6) is 0 Å². The van der Waals surface area contributed by atoms with E-state index in [2.05, 4.69) is 10.6 Å². The zero-order valence-corrected chi connectivity index (χ0v) is 21.3. The number of nitrogens with one attached hydrogen (secondary N) is 2. The molecule has 0 bridgehead atoms. The lowest BCUT2D eigenvalue weighted by Crippen LogP contribution is -2.52. The first-order valence-electron chi connectivity index (χ1n) is 11.3. The third kappa shape index (κ3) is 8.52. The fourth-order valence-electron chi connectivity index (χ4n) is 3.54. The van der Waals surface area contributed by atoms with E-state index in [4.69, 9.17) is 4.74 Å². The number of amides is 3. The smallest absolute Gasteiger partial charge is 0.408 e. The molecule has 2 N–H and O–H groups in total. The lowest BCUT2D eigenvalue weighted by molar-refractivity contribution is -0.141. The number of likely N-dealkylation sites (N-methyl/N-ethyl adjacent to an activating group) is 1. The fourth-order valence-corrected chi connectivity index (χ4v) is 3.54. The predicted molar refractivity (Wildman–Crippen MR) is 127 cm³/mol. The molecule has 0 aliphatic carbocycles. The van der Waals surface area contributed by atoms with E-state index in [-0.39, 0.29) is 23.8 Å². The molecule has 0 aromatic heterocycles. The van der Waals surface area contributed by atoms with Gasteiger partial charge in [0.2, 0.25) is 11.8 Å². The highest BCUT2D eigenvalue weighted by Gasteiger charge is 2.35. The molecule has 0 aliphatic heterocycles. The molecule has 1 rings (SSSR count). The minimum Gasteiger partial charge on any atom is -0.444 e. The second-order valence-corrected chi connectivity index (χ2v) is 10.2. The van der Waals surface area contributed by atoms with Crippen molar-refractivity contribution >= 4 is 17.9 Å². The highest BCUT2D eigenvalue weighted by molar-refractivity contribution is 5.92. The van der Waals surface area contributed by atoms with Crippen LogP contribution < -0.4 is 10.6 Å². The van der Waals surface area contributed by atoms with Gasteiger partial charge in [-0.1, -0.05) is 37.6 Å². The molecule has 0 saturated carbocycles. The summed E-state index contributed by atoms with van der Waals surface area (Å²) in [6, 6.07) is 4.10. The van der Waals surface area contributed by atoms with Gasteiger partial charge in [-0.05, 0) is 71.9 Å². The molecule has 3 amide bonds. The first-order chi connectivity index (χ1) is 14.6. The van der Waals surface area contributed by atoms with Crippen molar-refractivity contribution in [2.45, 2.75) is 92.5 Å². The predicted octanol–water partition coefficient (Wildman–Crippen LogP) is 4.27. The quantitative estimate of drug-likeness (QED) is 0.623. The summed E-state index contributed by atoms with van der Waals surface area (Å²) in [6.45, 7) is 16.9. The Morgan fingerprint density at radius 3 is 2.09 bits per heavy atom. The maximum absolute atomic E-state index is 13.5. The standard InChI is InChI=1S/C25H41N3O4/c1-15(2)13-20(27-24(31)32-25(7,8)9)23(30)28(10)21(22(29)26-16(3)4)19-12-11-17(5)14-18(19)6/h11-12,14-16,20-21H,13H2,1-10H3,(H,26,29)(H,27,31). The summed E-state index contributed by atoms with van der Waals surface area (Å²) in [6.07, 6.45) is -0.229. The summed E-state index contributed by atoms with van der Waals surface area (Å²) in [5.74, 6) is -0.451. The molecule has 1 aromatic carbocycles. The van der Waals surface area contributed by atoms with Gasteiger partial charge in [0, 0.05) is 13.1 Å². The van der Waals surface area contributed by atoms with Gasteiger partial charge in [-0.2, -0.15) is 0 Å². The number of ether oxygens (including phenoxy) is 1. The van der Waals surface area contributed by atoms with Crippen molar-refractivity contribution in [2.75, 3.05) is 7.05 Å². The van der Waals surface area contributed by atoms with Crippen LogP contribution in [0.3, 0.4) is 0 Å². The molecule has 0 aliphatic rings. The third-order valence-electron chi connectivity index (χ3n) is 4.83. The Kier molecular flexibility index (Phi) is 9.73. The fraction of sp³-hybridized carbons (Fsp3) is 0.640. The molecule has 2 unspecified atom stereocenters. The van der Waals surface area contributed by atoms with Gasteiger partial charge < -0.3 is 20.3 Å². The number of benzene rings is 1. The largest absolute Gasteiger partial charge is 0.444 e. The highest BCUT2D eigenvalue weighted by Crippen LogP contribution is 2.26. The molecule has 1 aromatic rings. The molecule has 32 heavy (non-hydrogen) atoms. The average molecular weight is 448 g/mol. The summed E-state index contributed by atoms with van der Waals surface area (Å²) < 4.78 is 5.36. The van der Waals surface area contributed by atoms with Crippen LogP contribution in [0.25, 0.3) is 0 Å². The van der Waals surface area contributed by atoms with Crippen molar-refractivity contribution < 1.29 is 19.1 Å². The summed E-state index contributed by atoms with van der Waals surface area (Å²) in [5, 5.41) is 5.64. The maximum atomic E-state index is 13.5.